The van der Waals surface area contributed by atoms with Crippen LogP contribution in [0.5, 0.6) is 0 Å². The number of carbonyl (C=O) groups is 1. The Bertz CT molecular complexity index is 994. The number of para-hydroxylation sites is 1. The smallest absolute Gasteiger partial charge is 0.308 e. The van der Waals surface area contributed by atoms with Crippen LogP contribution >= 0.6 is 23.4 Å². The maximum Gasteiger partial charge on any atom is 0.416 e. The van der Waals surface area contributed by atoms with Crippen LogP contribution in [0.3, 0.4) is 0 Å². The molecule has 2 N–H and O–H groups in total. The minimum atomic E-state index is -4.47. The van der Waals surface area contributed by atoms with Gasteiger partial charge in [0.05, 0.1) is 11.3 Å². The lowest BCUT2D eigenvalue weighted by atomic mass is 10.2. The molecule has 29 heavy (non-hydrogen) atoms. The fourth-order valence-corrected chi connectivity index (χ4v) is 3.59. The molecule has 150 valence electrons. The molecule has 3 aromatic carbocycles. The van der Waals surface area contributed by atoms with E-state index in [1.807, 2.05) is 36.4 Å². The molecule has 0 bridgehead atoms. The van der Waals surface area contributed by atoms with Crippen molar-refractivity contribution in [3.63, 3.8) is 0 Å². The Morgan fingerprint density at radius 1 is 0.931 bits per heavy atom. The molecular weight excluding hydrogens is 421 g/mol. The second-order valence-electron chi connectivity index (χ2n) is 6.07. The van der Waals surface area contributed by atoms with E-state index in [1.165, 1.54) is 23.9 Å². The zero-order chi connectivity index (χ0) is 20.9. The summed E-state index contributed by atoms with van der Waals surface area (Å²) in [5.74, 6) is 0.672. The van der Waals surface area contributed by atoms with Crippen molar-refractivity contribution in [3.05, 3.63) is 88.9 Å². The van der Waals surface area contributed by atoms with Crippen LogP contribution in [0.25, 0.3) is 0 Å². The van der Waals surface area contributed by atoms with E-state index in [2.05, 4.69) is 10.6 Å². The van der Waals surface area contributed by atoms with Crippen molar-refractivity contribution in [1.29, 1.82) is 0 Å². The van der Waals surface area contributed by atoms with Gasteiger partial charge in [-0.1, -0.05) is 41.9 Å². The van der Waals surface area contributed by atoms with Crippen molar-refractivity contribution in [2.75, 3.05) is 10.6 Å². The first-order valence-electron chi connectivity index (χ1n) is 8.53. The number of hydrogen-bond donors (Lipinski definition) is 2. The number of amides is 2. The molecule has 3 nitrogen and oxygen atoms in total. The van der Waals surface area contributed by atoms with Crippen molar-refractivity contribution in [2.24, 2.45) is 0 Å². The molecule has 0 aliphatic carbocycles. The van der Waals surface area contributed by atoms with Crippen LogP contribution in [0.15, 0.2) is 77.7 Å². The number of halogens is 4. The second-order valence-corrected chi connectivity index (χ2v) is 7.52. The summed E-state index contributed by atoms with van der Waals surface area (Å²) in [4.78, 5) is 13.1. The number of nitrogens with one attached hydrogen (secondary N) is 2. The number of anilines is 2. The summed E-state index contributed by atoms with van der Waals surface area (Å²) in [6.07, 6.45) is -4.47. The number of rotatable bonds is 5. The first-order chi connectivity index (χ1) is 13.8. The van der Waals surface area contributed by atoms with E-state index in [1.54, 1.807) is 12.1 Å². The fourth-order valence-electron chi connectivity index (χ4n) is 2.50. The minimum absolute atomic E-state index is 0.0589. The van der Waals surface area contributed by atoms with E-state index < -0.39 is 17.8 Å². The molecule has 0 aliphatic rings. The number of benzene rings is 3. The molecule has 0 heterocycles. The lowest BCUT2D eigenvalue weighted by molar-refractivity contribution is -0.137. The third-order valence-corrected chi connectivity index (χ3v) is 5.29. The summed E-state index contributed by atoms with van der Waals surface area (Å²) >= 11 is 7.41. The van der Waals surface area contributed by atoms with Gasteiger partial charge in [-0.2, -0.15) is 13.2 Å². The van der Waals surface area contributed by atoms with Gasteiger partial charge in [0.2, 0.25) is 0 Å². The zero-order valence-corrected chi connectivity index (χ0v) is 16.5. The van der Waals surface area contributed by atoms with Gasteiger partial charge < -0.3 is 10.6 Å². The van der Waals surface area contributed by atoms with Gasteiger partial charge in [-0.25, -0.2) is 4.79 Å². The molecule has 0 radical (unpaired) electrons. The second kappa shape index (κ2) is 9.24. The van der Waals surface area contributed by atoms with Crippen molar-refractivity contribution in [2.45, 2.75) is 16.8 Å². The van der Waals surface area contributed by atoms with E-state index in [0.29, 0.717) is 16.5 Å². The summed E-state index contributed by atoms with van der Waals surface area (Å²) in [6.45, 7) is 0. The molecule has 0 unspecified atom stereocenters. The summed E-state index contributed by atoms with van der Waals surface area (Å²) in [6, 6.07) is 18.5. The van der Waals surface area contributed by atoms with Crippen LogP contribution in [0, 0.1) is 0 Å². The zero-order valence-electron chi connectivity index (χ0n) is 15.0. The van der Waals surface area contributed by atoms with Gasteiger partial charge in [-0.05, 0) is 48.0 Å². The summed E-state index contributed by atoms with van der Waals surface area (Å²) in [5.41, 5.74) is 0.872. The highest BCUT2D eigenvalue weighted by atomic mass is 35.5. The Balaban J connectivity index is 1.66. The average Bonchev–Trinajstić information content (AvgIpc) is 2.68. The summed E-state index contributed by atoms with van der Waals surface area (Å²) < 4.78 is 38.4. The first-order valence-corrected chi connectivity index (χ1v) is 9.89. The summed E-state index contributed by atoms with van der Waals surface area (Å²) in [7, 11) is 0. The number of alkyl halides is 3. The Labute approximate surface area is 175 Å². The molecule has 0 aliphatic heterocycles. The highest BCUT2D eigenvalue weighted by Crippen LogP contribution is 2.32. The Hall–Kier alpha value is -2.64. The van der Waals surface area contributed by atoms with Crippen molar-refractivity contribution in [1.82, 2.24) is 0 Å². The number of hydrogen-bond acceptors (Lipinski definition) is 2. The van der Waals surface area contributed by atoms with Gasteiger partial charge in [0.15, 0.2) is 0 Å². The van der Waals surface area contributed by atoms with E-state index in [4.69, 9.17) is 11.6 Å². The van der Waals surface area contributed by atoms with Gasteiger partial charge in [0.1, 0.15) is 0 Å². The Kier molecular flexibility index (Phi) is 6.71. The molecule has 0 saturated heterocycles. The number of thioether (sulfide) groups is 1. The Morgan fingerprint density at radius 3 is 2.38 bits per heavy atom. The van der Waals surface area contributed by atoms with E-state index in [-0.39, 0.29) is 5.69 Å². The molecule has 3 rings (SSSR count). The SMILES string of the molecule is O=C(Nc1cccc(C(F)(F)F)c1)Nc1ccccc1SCc1ccc(Cl)cc1. The standard InChI is InChI=1S/C21H16ClF3N2OS/c22-16-10-8-14(9-11-16)13-29-19-7-2-1-6-18(19)27-20(28)26-17-5-3-4-15(12-17)21(23,24)25/h1-12H,13H2,(H2,26,27,28). The highest BCUT2D eigenvalue weighted by Gasteiger charge is 2.30. The lowest BCUT2D eigenvalue weighted by Crippen LogP contribution is -2.20. The van der Waals surface area contributed by atoms with Gasteiger partial charge in [-0.3, -0.25) is 0 Å². The van der Waals surface area contributed by atoms with Gasteiger partial charge in [-0.15, -0.1) is 11.8 Å². The molecule has 0 saturated carbocycles. The molecular formula is C21H16ClF3N2OS. The van der Waals surface area contributed by atoms with Crippen LogP contribution in [0.4, 0.5) is 29.3 Å². The Morgan fingerprint density at radius 2 is 1.66 bits per heavy atom. The molecule has 0 spiro atoms. The predicted molar refractivity (Wildman–Crippen MR) is 112 cm³/mol. The fraction of sp³-hybridized carbons (Fsp3) is 0.0952. The molecule has 2 amide bonds. The van der Waals surface area contributed by atoms with Crippen LogP contribution < -0.4 is 10.6 Å². The minimum Gasteiger partial charge on any atom is -0.308 e. The maximum atomic E-state index is 12.8. The third-order valence-electron chi connectivity index (χ3n) is 3.89. The van der Waals surface area contributed by atoms with Crippen LogP contribution in [-0.2, 0) is 11.9 Å². The van der Waals surface area contributed by atoms with Crippen molar-refractivity contribution in [3.8, 4) is 0 Å². The quantitative estimate of drug-likeness (QED) is 0.412. The van der Waals surface area contributed by atoms with Gasteiger partial charge >= 0.3 is 12.2 Å². The van der Waals surface area contributed by atoms with Gasteiger partial charge in [0, 0.05) is 21.4 Å². The molecule has 0 aromatic heterocycles. The highest BCUT2D eigenvalue weighted by molar-refractivity contribution is 7.98. The normalized spacial score (nSPS) is 11.2. The largest absolute Gasteiger partial charge is 0.416 e. The third kappa shape index (κ3) is 6.17. The molecule has 0 fully saturated rings. The van der Waals surface area contributed by atoms with Crippen molar-refractivity contribution < 1.29 is 18.0 Å². The number of carbonyl (C=O) groups excluding carboxylic acids is 1. The van der Waals surface area contributed by atoms with Crippen molar-refractivity contribution >= 4 is 40.8 Å². The monoisotopic (exact) mass is 436 g/mol. The van der Waals surface area contributed by atoms with E-state index in [0.717, 1.165) is 22.6 Å². The first kappa shape index (κ1) is 21.1. The van der Waals surface area contributed by atoms with Crippen LogP contribution in [0.1, 0.15) is 11.1 Å². The van der Waals surface area contributed by atoms with E-state index >= 15 is 0 Å². The molecule has 8 heteroatoms. The predicted octanol–water partition coefficient (Wildman–Crippen LogP) is 7.30. The van der Waals surface area contributed by atoms with Gasteiger partial charge in [0.25, 0.3) is 0 Å². The van der Waals surface area contributed by atoms with Crippen LogP contribution in [-0.4, -0.2) is 6.03 Å². The molecule has 3 aromatic rings. The maximum absolute atomic E-state index is 12.8. The lowest BCUT2D eigenvalue weighted by Gasteiger charge is -2.13. The average molecular weight is 437 g/mol. The van der Waals surface area contributed by atoms with Crippen LogP contribution in [0.2, 0.25) is 5.02 Å². The number of urea groups is 1. The summed E-state index contributed by atoms with van der Waals surface area (Å²) in [5, 5.41) is 5.78. The topological polar surface area (TPSA) is 41.1 Å². The van der Waals surface area contributed by atoms with E-state index in [9.17, 15) is 18.0 Å². The molecule has 0 atom stereocenters.